The van der Waals surface area contributed by atoms with Crippen molar-refractivity contribution in [2.45, 2.75) is 38.6 Å². The highest BCUT2D eigenvalue weighted by Crippen LogP contribution is 2.38. The summed E-state index contributed by atoms with van der Waals surface area (Å²) in [5.74, 6) is 0.751. The number of hydrogen-bond donors (Lipinski definition) is 1. The largest absolute Gasteiger partial charge is 0.310 e. The maximum atomic E-state index is 3.77. The topological polar surface area (TPSA) is 12.0 Å². The Hall–Kier alpha value is -1.12. The maximum absolute atomic E-state index is 3.77. The van der Waals surface area contributed by atoms with Gasteiger partial charge in [-0.2, -0.15) is 0 Å². The highest BCUT2D eigenvalue weighted by molar-refractivity contribution is 7.09. The summed E-state index contributed by atoms with van der Waals surface area (Å²) in [5, 5.41) is 5.96. The van der Waals surface area contributed by atoms with E-state index >= 15 is 0 Å². The molecule has 0 fully saturated rings. The van der Waals surface area contributed by atoms with E-state index in [4.69, 9.17) is 0 Å². The first-order valence-corrected chi connectivity index (χ1v) is 8.60. The molecule has 1 nitrogen and oxygen atoms in total. The molecule has 1 aliphatic rings. The summed E-state index contributed by atoms with van der Waals surface area (Å²) < 4.78 is 0. The second-order valence-corrected chi connectivity index (χ2v) is 6.75. The molecule has 1 aliphatic carbocycles. The monoisotopic (exact) mass is 285 g/mol. The first kappa shape index (κ1) is 13.8. The van der Waals surface area contributed by atoms with Crippen LogP contribution in [0.15, 0.2) is 41.8 Å². The maximum Gasteiger partial charge on any atom is 0.0354 e. The fourth-order valence-corrected chi connectivity index (χ4v) is 4.03. The minimum absolute atomic E-state index is 0.561. The van der Waals surface area contributed by atoms with Gasteiger partial charge in [0.25, 0.3) is 0 Å². The Kier molecular flexibility index (Phi) is 4.54. The predicted octanol–water partition coefficient (Wildman–Crippen LogP) is 4.59. The van der Waals surface area contributed by atoms with Crippen LogP contribution in [0.5, 0.6) is 0 Å². The number of fused-ring (bicyclic) bond motifs is 1. The van der Waals surface area contributed by atoms with Crippen molar-refractivity contribution in [1.82, 2.24) is 5.32 Å². The lowest BCUT2D eigenvalue weighted by atomic mass is 9.95. The summed E-state index contributed by atoms with van der Waals surface area (Å²) in [6.45, 7) is 3.36. The summed E-state index contributed by atoms with van der Waals surface area (Å²) >= 11 is 1.89. The van der Waals surface area contributed by atoms with E-state index in [1.54, 1.807) is 5.56 Å². The lowest BCUT2D eigenvalue weighted by Crippen LogP contribution is -2.26. The van der Waals surface area contributed by atoms with Gasteiger partial charge in [0.15, 0.2) is 0 Å². The third kappa shape index (κ3) is 2.97. The Morgan fingerprint density at radius 1 is 1.20 bits per heavy atom. The van der Waals surface area contributed by atoms with E-state index in [2.05, 4.69) is 54.0 Å². The van der Waals surface area contributed by atoms with E-state index in [0.29, 0.717) is 6.04 Å². The van der Waals surface area contributed by atoms with Crippen LogP contribution >= 0.6 is 11.3 Å². The molecule has 20 heavy (non-hydrogen) atoms. The molecule has 0 saturated heterocycles. The quantitative estimate of drug-likeness (QED) is 0.818. The highest BCUT2D eigenvalue weighted by atomic mass is 32.1. The lowest BCUT2D eigenvalue weighted by molar-refractivity contribution is 0.368. The van der Waals surface area contributed by atoms with Crippen molar-refractivity contribution in [3.05, 3.63) is 57.8 Å². The normalized spacial score (nSPS) is 21.1. The SMILES string of the molecule is CCCNC1c2ccccc2CC1CCc1cccs1. The van der Waals surface area contributed by atoms with E-state index in [1.807, 2.05) is 11.3 Å². The van der Waals surface area contributed by atoms with Crippen LogP contribution in [0.4, 0.5) is 0 Å². The van der Waals surface area contributed by atoms with Crippen molar-refractivity contribution in [2.24, 2.45) is 5.92 Å². The average molecular weight is 285 g/mol. The Bertz CT molecular complexity index is 532. The molecule has 0 saturated carbocycles. The third-order valence-corrected chi connectivity index (χ3v) is 5.24. The standard InChI is InChI=1S/C18H23NS/c1-2-11-19-18-15(9-10-16-7-5-12-20-16)13-14-6-3-4-8-17(14)18/h3-8,12,15,18-19H,2,9-11,13H2,1H3. The summed E-state index contributed by atoms with van der Waals surface area (Å²) in [6, 6.07) is 14.0. The van der Waals surface area contributed by atoms with E-state index in [9.17, 15) is 0 Å². The van der Waals surface area contributed by atoms with Gasteiger partial charge in [-0.25, -0.2) is 0 Å². The van der Waals surface area contributed by atoms with Crippen LogP contribution in [0, 0.1) is 5.92 Å². The molecule has 0 radical (unpaired) electrons. The zero-order valence-corrected chi connectivity index (χ0v) is 13.0. The molecule has 106 valence electrons. The Morgan fingerprint density at radius 3 is 2.90 bits per heavy atom. The first-order chi connectivity index (χ1) is 9.88. The molecule has 2 atom stereocenters. The summed E-state index contributed by atoms with van der Waals surface area (Å²) in [6.07, 6.45) is 4.95. The summed E-state index contributed by atoms with van der Waals surface area (Å²) in [5.41, 5.74) is 3.09. The molecule has 1 aromatic heterocycles. The van der Waals surface area contributed by atoms with Gasteiger partial charge in [-0.15, -0.1) is 11.3 Å². The molecule has 3 rings (SSSR count). The number of benzene rings is 1. The zero-order chi connectivity index (χ0) is 13.8. The van der Waals surface area contributed by atoms with Gasteiger partial charge in [-0.3, -0.25) is 0 Å². The van der Waals surface area contributed by atoms with E-state index in [0.717, 1.165) is 12.5 Å². The first-order valence-electron chi connectivity index (χ1n) is 7.72. The Labute approximate surface area is 126 Å². The van der Waals surface area contributed by atoms with Gasteiger partial charge >= 0.3 is 0 Å². The minimum atomic E-state index is 0.561. The van der Waals surface area contributed by atoms with Gasteiger partial charge in [-0.1, -0.05) is 37.3 Å². The second-order valence-electron chi connectivity index (χ2n) is 5.71. The Balaban J connectivity index is 1.70. The molecular weight excluding hydrogens is 262 g/mol. The molecule has 1 heterocycles. The number of aryl methyl sites for hydroxylation is 1. The average Bonchev–Trinajstić information content (AvgIpc) is 3.10. The summed E-state index contributed by atoms with van der Waals surface area (Å²) in [4.78, 5) is 1.52. The molecule has 0 bridgehead atoms. The molecular formula is C18H23NS. The molecule has 1 N–H and O–H groups in total. The molecule has 2 aromatic rings. The molecule has 2 heteroatoms. The van der Waals surface area contributed by atoms with Gasteiger partial charge in [0.2, 0.25) is 0 Å². The lowest BCUT2D eigenvalue weighted by Gasteiger charge is -2.21. The molecule has 2 unspecified atom stereocenters. The number of hydrogen-bond acceptors (Lipinski definition) is 2. The van der Waals surface area contributed by atoms with E-state index < -0.39 is 0 Å². The molecule has 0 spiro atoms. The van der Waals surface area contributed by atoms with Crippen LogP contribution in [0.3, 0.4) is 0 Å². The highest BCUT2D eigenvalue weighted by Gasteiger charge is 2.31. The number of nitrogens with one attached hydrogen (secondary N) is 1. The third-order valence-electron chi connectivity index (χ3n) is 4.30. The smallest absolute Gasteiger partial charge is 0.0354 e. The zero-order valence-electron chi connectivity index (χ0n) is 12.1. The van der Waals surface area contributed by atoms with Gasteiger partial charge in [0.1, 0.15) is 0 Å². The second kappa shape index (κ2) is 6.55. The Morgan fingerprint density at radius 2 is 2.10 bits per heavy atom. The predicted molar refractivity (Wildman–Crippen MR) is 87.3 cm³/mol. The van der Waals surface area contributed by atoms with Crippen LogP contribution in [0.25, 0.3) is 0 Å². The van der Waals surface area contributed by atoms with E-state index in [1.165, 1.54) is 36.1 Å². The van der Waals surface area contributed by atoms with Gasteiger partial charge in [0, 0.05) is 10.9 Å². The fourth-order valence-electron chi connectivity index (χ4n) is 3.31. The van der Waals surface area contributed by atoms with Crippen molar-refractivity contribution in [3.8, 4) is 0 Å². The van der Waals surface area contributed by atoms with Crippen LogP contribution in [0.1, 0.15) is 41.8 Å². The van der Waals surface area contributed by atoms with Crippen LogP contribution in [-0.2, 0) is 12.8 Å². The minimum Gasteiger partial charge on any atom is -0.310 e. The number of thiophene rings is 1. The molecule has 1 aromatic carbocycles. The van der Waals surface area contributed by atoms with Crippen LogP contribution in [-0.4, -0.2) is 6.54 Å². The van der Waals surface area contributed by atoms with Gasteiger partial charge in [0.05, 0.1) is 0 Å². The van der Waals surface area contributed by atoms with Crippen molar-refractivity contribution >= 4 is 11.3 Å². The molecule has 0 amide bonds. The van der Waals surface area contributed by atoms with Crippen molar-refractivity contribution in [2.75, 3.05) is 6.54 Å². The van der Waals surface area contributed by atoms with Gasteiger partial charge < -0.3 is 5.32 Å². The van der Waals surface area contributed by atoms with Crippen molar-refractivity contribution in [3.63, 3.8) is 0 Å². The molecule has 0 aliphatic heterocycles. The van der Waals surface area contributed by atoms with Crippen molar-refractivity contribution in [1.29, 1.82) is 0 Å². The van der Waals surface area contributed by atoms with E-state index in [-0.39, 0.29) is 0 Å². The summed E-state index contributed by atoms with van der Waals surface area (Å²) in [7, 11) is 0. The van der Waals surface area contributed by atoms with Gasteiger partial charge in [-0.05, 0) is 60.7 Å². The van der Waals surface area contributed by atoms with Crippen LogP contribution in [0.2, 0.25) is 0 Å². The fraction of sp³-hybridized carbons (Fsp3) is 0.444. The van der Waals surface area contributed by atoms with Crippen molar-refractivity contribution < 1.29 is 0 Å². The van der Waals surface area contributed by atoms with Crippen LogP contribution < -0.4 is 5.32 Å². The number of rotatable bonds is 6.